The van der Waals surface area contributed by atoms with Gasteiger partial charge in [0.05, 0.1) is 6.61 Å². The maximum absolute atomic E-state index is 11.8. The average Bonchev–Trinajstić information content (AvgIpc) is 2.34. The summed E-state index contributed by atoms with van der Waals surface area (Å²) in [6, 6.07) is 7.72. The van der Waals surface area contributed by atoms with Gasteiger partial charge in [0.2, 0.25) is 0 Å². The molecule has 0 saturated heterocycles. The predicted octanol–water partition coefficient (Wildman–Crippen LogP) is 2.59. The quantitative estimate of drug-likeness (QED) is 0.910. The summed E-state index contributed by atoms with van der Waals surface area (Å²) in [7, 11) is 1.73. The molecule has 0 radical (unpaired) electrons. The van der Waals surface area contributed by atoms with E-state index < -0.39 is 5.60 Å². The number of likely N-dealkylation sites (N-methyl/N-ethyl adjacent to an activating group) is 1. The summed E-state index contributed by atoms with van der Waals surface area (Å²) in [6.07, 6.45) is 0.459. The zero-order valence-corrected chi connectivity index (χ0v) is 12.1. The molecule has 1 aromatic carbocycles. The lowest BCUT2D eigenvalue weighted by molar-refractivity contribution is 0.0301. The van der Waals surface area contributed by atoms with Crippen LogP contribution in [0, 0.1) is 0 Å². The van der Waals surface area contributed by atoms with E-state index in [1.807, 2.05) is 45.0 Å². The smallest absolute Gasteiger partial charge is 0.410 e. The Hall–Kier alpha value is -1.55. The van der Waals surface area contributed by atoms with Crippen molar-refractivity contribution in [2.45, 2.75) is 39.4 Å². The van der Waals surface area contributed by atoms with Gasteiger partial charge in [-0.3, -0.25) is 0 Å². The molecule has 0 aliphatic rings. The van der Waals surface area contributed by atoms with E-state index in [2.05, 4.69) is 0 Å². The van der Waals surface area contributed by atoms with Crippen LogP contribution in [0.2, 0.25) is 0 Å². The second kappa shape index (κ2) is 6.57. The summed E-state index contributed by atoms with van der Waals surface area (Å²) in [4.78, 5) is 13.3. The molecule has 0 aliphatic heterocycles. The lowest BCUT2D eigenvalue weighted by Crippen LogP contribution is -2.35. The minimum atomic E-state index is -0.464. The lowest BCUT2D eigenvalue weighted by Gasteiger charge is -2.24. The predicted molar refractivity (Wildman–Crippen MR) is 74.9 cm³/mol. The fourth-order valence-corrected chi connectivity index (χ4v) is 1.54. The van der Waals surface area contributed by atoms with Crippen LogP contribution in [0.15, 0.2) is 24.3 Å². The highest BCUT2D eigenvalue weighted by Crippen LogP contribution is 2.10. The number of carbonyl (C=O) groups is 1. The Bertz CT molecular complexity index is 406. The van der Waals surface area contributed by atoms with Gasteiger partial charge in [-0.2, -0.15) is 0 Å². The fourth-order valence-electron chi connectivity index (χ4n) is 1.54. The maximum Gasteiger partial charge on any atom is 0.410 e. The number of aliphatic hydroxyl groups excluding tert-OH is 1. The van der Waals surface area contributed by atoms with E-state index in [1.54, 1.807) is 11.9 Å². The topological polar surface area (TPSA) is 49.8 Å². The highest BCUT2D eigenvalue weighted by Gasteiger charge is 2.19. The third-order valence-corrected chi connectivity index (χ3v) is 2.65. The normalized spacial score (nSPS) is 11.2. The number of aliphatic hydroxyl groups is 1. The van der Waals surface area contributed by atoms with Crippen molar-refractivity contribution < 1.29 is 14.6 Å². The molecule has 1 amide bonds. The molecule has 0 heterocycles. The van der Waals surface area contributed by atoms with Crippen molar-refractivity contribution in [3.63, 3.8) is 0 Å². The first kappa shape index (κ1) is 15.5. The molecule has 0 aliphatic carbocycles. The van der Waals surface area contributed by atoms with Crippen molar-refractivity contribution in [3.05, 3.63) is 35.4 Å². The van der Waals surface area contributed by atoms with Gasteiger partial charge in [0.25, 0.3) is 0 Å². The largest absolute Gasteiger partial charge is 0.444 e. The van der Waals surface area contributed by atoms with Crippen molar-refractivity contribution in [1.82, 2.24) is 4.90 Å². The lowest BCUT2D eigenvalue weighted by atomic mass is 10.1. The van der Waals surface area contributed by atoms with Gasteiger partial charge < -0.3 is 14.7 Å². The molecular weight excluding hydrogens is 242 g/mol. The van der Waals surface area contributed by atoms with E-state index in [0.717, 1.165) is 17.5 Å². The van der Waals surface area contributed by atoms with Gasteiger partial charge in [-0.25, -0.2) is 4.79 Å². The van der Waals surface area contributed by atoms with E-state index in [1.165, 1.54) is 0 Å². The first-order valence-electron chi connectivity index (χ1n) is 6.44. The molecule has 4 heteroatoms. The highest BCUT2D eigenvalue weighted by molar-refractivity contribution is 5.67. The van der Waals surface area contributed by atoms with Crippen molar-refractivity contribution in [1.29, 1.82) is 0 Å². The van der Waals surface area contributed by atoms with Gasteiger partial charge in [-0.05, 0) is 38.3 Å². The van der Waals surface area contributed by atoms with Gasteiger partial charge in [0.1, 0.15) is 5.60 Å². The van der Waals surface area contributed by atoms with Crippen LogP contribution < -0.4 is 0 Å². The summed E-state index contributed by atoms with van der Waals surface area (Å²) in [5, 5.41) is 8.96. The first-order chi connectivity index (χ1) is 8.81. The third-order valence-electron chi connectivity index (χ3n) is 2.65. The number of carbonyl (C=O) groups excluding carboxylic acids is 1. The number of rotatable bonds is 4. The van der Waals surface area contributed by atoms with Crippen LogP contribution in [0.4, 0.5) is 4.79 Å². The number of nitrogens with zero attached hydrogens (tertiary/aromatic N) is 1. The van der Waals surface area contributed by atoms with Crippen molar-refractivity contribution >= 4 is 6.09 Å². The van der Waals surface area contributed by atoms with Gasteiger partial charge in [0.15, 0.2) is 0 Å². The molecule has 0 atom stereocenters. The first-order valence-corrected chi connectivity index (χ1v) is 6.44. The Kier molecular flexibility index (Phi) is 5.36. The molecule has 0 bridgehead atoms. The molecular formula is C15H23NO3. The van der Waals surface area contributed by atoms with Crippen LogP contribution in [0.25, 0.3) is 0 Å². The average molecular weight is 265 g/mol. The molecule has 1 N–H and O–H groups in total. The number of ether oxygens (including phenoxy) is 1. The minimum Gasteiger partial charge on any atom is -0.444 e. The van der Waals surface area contributed by atoms with E-state index in [4.69, 9.17) is 9.84 Å². The Morgan fingerprint density at radius 3 is 2.21 bits per heavy atom. The van der Waals surface area contributed by atoms with Crippen LogP contribution in [0.5, 0.6) is 0 Å². The summed E-state index contributed by atoms with van der Waals surface area (Å²) in [5.41, 5.74) is 1.56. The SMILES string of the molecule is CN(CCc1ccc(CO)cc1)C(=O)OC(C)(C)C. The summed E-state index contributed by atoms with van der Waals surface area (Å²) < 4.78 is 5.28. The second-order valence-corrected chi connectivity index (χ2v) is 5.63. The highest BCUT2D eigenvalue weighted by atomic mass is 16.6. The molecule has 4 nitrogen and oxygen atoms in total. The van der Waals surface area contributed by atoms with Gasteiger partial charge in [0, 0.05) is 13.6 Å². The minimum absolute atomic E-state index is 0.0537. The summed E-state index contributed by atoms with van der Waals surface area (Å²) in [5.74, 6) is 0. The van der Waals surface area contributed by atoms with Crippen molar-refractivity contribution in [2.24, 2.45) is 0 Å². The molecule has 0 unspecified atom stereocenters. The second-order valence-electron chi connectivity index (χ2n) is 5.63. The zero-order chi connectivity index (χ0) is 14.5. The van der Waals surface area contributed by atoms with Crippen LogP contribution in [0.3, 0.4) is 0 Å². The Morgan fingerprint density at radius 2 is 1.74 bits per heavy atom. The molecule has 0 fully saturated rings. The number of hydrogen-bond acceptors (Lipinski definition) is 3. The van der Waals surface area contributed by atoms with Gasteiger partial charge in [-0.15, -0.1) is 0 Å². The van der Waals surface area contributed by atoms with Crippen LogP contribution in [-0.4, -0.2) is 35.3 Å². The Balaban J connectivity index is 2.44. The third kappa shape index (κ3) is 5.75. The Morgan fingerprint density at radius 1 is 1.21 bits per heavy atom. The number of benzene rings is 1. The molecule has 1 rings (SSSR count). The van der Waals surface area contributed by atoms with E-state index in [9.17, 15) is 4.79 Å². The molecule has 0 aromatic heterocycles. The molecule has 1 aromatic rings. The van der Waals surface area contributed by atoms with E-state index in [-0.39, 0.29) is 12.7 Å². The van der Waals surface area contributed by atoms with Crippen LogP contribution >= 0.6 is 0 Å². The molecule has 19 heavy (non-hydrogen) atoms. The van der Waals surface area contributed by atoms with Gasteiger partial charge >= 0.3 is 6.09 Å². The summed E-state index contributed by atoms with van der Waals surface area (Å²) >= 11 is 0. The summed E-state index contributed by atoms with van der Waals surface area (Å²) in [6.45, 7) is 6.22. The molecule has 0 saturated carbocycles. The van der Waals surface area contributed by atoms with Crippen molar-refractivity contribution in [3.8, 4) is 0 Å². The zero-order valence-electron chi connectivity index (χ0n) is 12.1. The van der Waals surface area contributed by atoms with Gasteiger partial charge in [-0.1, -0.05) is 24.3 Å². The number of amides is 1. The van der Waals surface area contributed by atoms with E-state index >= 15 is 0 Å². The Labute approximate surface area is 115 Å². The number of hydrogen-bond donors (Lipinski definition) is 1. The van der Waals surface area contributed by atoms with Crippen LogP contribution in [-0.2, 0) is 17.8 Å². The monoisotopic (exact) mass is 265 g/mol. The molecule has 0 spiro atoms. The van der Waals surface area contributed by atoms with Crippen molar-refractivity contribution in [2.75, 3.05) is 13.6 Å². The molecule has 106 valence electrons. The van der Waals surface area contributed by atoms with E-state index in [0.29, 0.717) is 6.54 Å². The van der Waals surface area contributed by atoms with Crippen LogP contribution in [0.1, 0.15) is 31.9 Å². The standard InChI is InChI=1S/C15H23NO3/c1-15(2,3)19-14(18)16(4)10-9-12-5-7-13(11-17)8-6-12/h5-8,17H,9-11H2,1-4H3. The maximum atomic E-state index is 11.8. The fraction of sp³-hybridized carbons (Fsp3) is 0.533.